The lowest BCUT2D eigenvalue weighted by Crippen LogP contribution is -1.99. The van der Waals surface area contributed by atoms with Crippen molar-refractivity contribution in [2.24, 2.45) is 0 Å². The van der Waals surface area contributed by atoms with Crippen molar-refractivity contribution in [3.63, 3.8) is 0 Å². The molecule has 0 saturated heterocycles. The highest BCUT2D eigenvalue weighted by molar-refractivity contribution is 9.10. The molecule has 0 aromatic carbocycles. The van der Waals surface area contributed by atoms with E-state index in [-0.39, 0.29) is 15.7 Å². The zero-order valence-corrected chi connectivity index (χ0v) is 8.25. The van der Waals surface area contributed by atoms with Gasteiger partial charge < -0.3 is 0 Å². The monoisotopic (exact) mass is 260 g/mol. The Hall–Kier alpha value is -1.35. The summed E-state index contributed by atoms with van der Waals surface area (Å²) in [5, 5.41) is 8.58. The number of nitrogens with zero attached hydrogens (tertiary/aromatic N) is 2. The summed E-state index contributed by atoms with van der Waals surface area (Å²) in [6, 6.07) is 2.63. The minimum Gasteiger partial charge on any atom is -0.296 e. The molecule has 0 bridgehead atoms. The van der Waals surface area contributed by atoms with Crippen LogP contribution in [-0.4, -0.2) is 11.3 Å². The molecule has 1 aromatic heterocycles. The third-order valence-electron chi connectivity index (χ3n) is 1.46. The molecule has 0 saturated carbocycles. The van der Waals surface area contributed by atoms with Gasteiger partial charge in [-0.2, -0.15) is 5.26 Å². The molecule has 0 amide bonds. The first-order chi connectivity index (χ1) is 6.60. The van der Waals surface area contributed by atoms with E-state index >= 15 is 0 Å². The Kier molecular flexibility index (Phi) is 3.25. The number of hydrogen-bond donors (Lipinski definition) is 0. The van der Waals surface area contributed by atoms with Crippen LogP contribution in [0.5, 0.6) is 0 Å². The Morgan fingerprint density at radius 2 is 2.29 bits per heavy atom. The van der Waals surface area contributed by atoms with Crippen molar-refractivity contribution in [1.29, 1.82) is 5.26 Å². The minimum atomic E-state index is -2.80. The number of alkyl halides is 2. The van der Waals surface area contributed by atoms with Crippen LogP contribution in [0.1, 0.15) is 28.2 Å². The highest BCUT2D eigenvalue weighted by Crippen LogP contribution is 2.24. The van der Waals surface area contributed by atoms with Crippen molar-refractivity contribution in [3.8, 4) is 6.07 Å². The second kappa shape index (κ2) is 4.24. The highest BCUT2D eigenvalue weighted by atomic mass is 79.9. The molecule has 0 aliphatic carbocycles. The van der Waals surface area contributed by atoms with Gasteiger partial charge in [-0.3, -0.25) is 4.79 Å². The molecule has 0 atom stereocenters. The predicted molar refractivity (Wildman–Crippen MR) is 47.0 cm³/mol. The quantitative estimate of drug-likeness (QED) is 0.768. The van der Waals surface area contributed by atoms with E-state index in [1.165, 1.54) is 0 Å². The van der Waals surface area contributed by atoms with Gasteiger partial charge in [0, 0.05) is 0 Å². The van der Waals surface area contributed by atoms with Gasteiger partial charge in [0.05, 0.1) is 10.0 Å². The summed E-state index contributed by atoms with van der Waals surface area (Å²) in [4.78, 5) is 13.8. The van der Waals surface area contributed by atoms with E-state index in [4.69, 9.17) is 5.26 Å². The number of aromatic nitrogens is 1. The summed E-state index contributed by atoms with van der Waals surface area (Å²) in [6.45, 7) is 0. The molecule has 0 unspecified atom stereocenters. The zero-order valence-electron chi connectivity index (χ0n) is 6.67. The van der Waals surface area contributed by atoms with Crippen LogP contribution < -0.4 is 0 Å². The van der Waals surface area contributed by atoms with Crippen LogP contribution in [-0.2, 0) is 0 Å². The molecule has 0 aliphatic rings. The average molecular weight is 261 g/mol. The lowest BCUT2D eigenvalue weighted by atomic mass is 10.2. The first kappa shape index (κ1) is 10.7. The van der Waals surface area contributed by atoms with Gasteiger partial charge in [-0.05, 0) is 22.0 Å². The Morgan fingerprint density at radius 1 is 1.64 bits per heavy atom. The maximum atomic E-state index is 12.2. The summed E-state index contributed by atoms with van der Waals surface area (Å²) in [5.41, 5.74) is -0.802. The number of hydrogen-bond acceptors (Lipinski definition) is 3. The maximum absolute atomic E-state index is 12.2. The molecule has 0 radical (unpaired) electrons. The van der Waals surface area contributed by atoms with E-state index in [0.29, 0.717) is 6.29 Å². The summed E-state index contributed by atoms with van der Waals surface area (Å²) in [6.07, 6.45) is -2.48. The second-order valence-electron chi connectivity index (χ2n) is 2.32. The van der Waals surface area contributed by atoms with Gasteiger partial charge >= 0.3 is 0 Å². The third-order valence-corrected chi connectivity index (χ3v) is 2.29. The maximum Gasteiger partial charge on any atom is 0.280 e. The molecule has 6 heteroatoms. The molecular weight excluding hydrogens is 258 g/mol. The summed E-state index contributed by atoms with van der Waals surface area (Å²) in [5.74, 6) is 0. The molecule has 1 rings (SSSR count). The van der Waals surface area contributed by atoms with Crippen LogP contribution in [0.4, 0.5) is 8.78 Å². The lowest BCUT2D eigenvalue weighted by Gasteiger charge is -2.03. The topological polar surface area (TPSA) is 53.8 Å². The van der Waals surface area contributed by atoms with Crippen LogP contribution in [0.2, 0.25) is 0 Å². The van der Waals surface area contributed by atoms with Gasteiger partial charge in [-0.1, -0.05) is 0 Å². The number of halogens is 3. The fraction of sp³-hybridized carbons (Fsp3) is 0.125. The van der Waals surface area contributed by atoms with Crippen LogP contribution in [0.3, 0.4) is 0 Å². The first-order valence-electron chi connectivity index (χ1n) is 3.44. The van der Waals surface area contributed by atoms with Gasteiger partial charge in [0.25, 0.3) is 6.43 Å². The SMILES string of the molecule is N#Cc1cc(C(F)F)nc(C=O)c1Br. The first-order valence-corrected chi connectivity index (χ1v) is 4.23. The second-order valence-corrected chi connectivity index (χ2v) is 3.12. The molecule has 0 aliphatic heterocycles. The van der Waals surface area contributed by atoms with Gasteiger partial charge in [-0.15, -0.1) is 0 Å². The Labute approximate surface area is 86.5 Å². The molecule has 0 spiro atoms. The summed E-state index contributed by atoms with van der Waals surface area (Å²) >= 11 is 2.92. The molecular formula is C8H3BrF2N2O. The van der Waals surface area contributed by atoms with E-state index in [1.807, 2.05) is 0 Å². The Bertz CT molecular complexity index is 415. The fourth-order valence-electron chi connectivity index (χ4n) is 0.841. The van der Waals surface area contributed by atoms with E-state index in [9.17, 15) is 13.6 Å². The van der Waals surface area contributed by atoms with E-state index in [2.05, 4.69) is 20.9 Å². The van der Waals surface area contributed by atoms with Gasteiger partial charge in [0.1, 0.15) is 17.5 Å². The number of nitriles is 1. The van der Waals surface area contributed by atoms with E-state index in [1.54, 1.807) is 6.07 Å². The molecule has 1 heterocycles. The molecule has 72 valence electrons. The van der Waals surface area contributed by atoms with Crippen molar-refractivity contribution in [1.82, 2.24) is 4.98 Å². The minimum absolute atomic E-state index is 0.0302. The largest absolute Gasteiger partial charge is 0.296 e. The average Bonchev–Trinajstić information content (AvgIpc) is 2.17. The van der Waals surface area contributed by atoms with Crippen molar-refractivity contribution in [3.05, 3.63) is 27.5 Å². The standard InChI is InChI=1S/C8H3BrF2N2O/c9-7-4(2-12)1-5(8(10)11)13-6(7)3-14/h1,3,8H. The van der Waals surface area contributed by atoms with E-state index < -0.39 is 12.1 Å². The molecule has 0 N–H and O–H groups in total. The van der Waals surface area contributed by atoms with Gasteiger partial charge in [-0.25, -0.2) is 13.8 Å². The van der Waals surface area contributed by atoms with Crippen molar-refractivity contribution < 1.29 is 13.6 Å². The molecule has 1 aromatic rings. The highest BCUT2D eigenvalue weighted by Gasteiger charge is 2.15. The predicted octanol–water partition coefficient (Wildman–Crippen LogP) is 2.47. The Morgan fingerprint density at radius 3 is 2.71 bits per heavy atom. The van der Waals surface area contributed by atoms with E-state index in [0.717, 1.165) is 6.07 Å². The van der Waals surface area contributed by atoms with Crippen molar-refractivity contribution >= 4 is 22.2 Å². The molecule has 0 fully saturated rings. The van der Waals surface area contributed by atoms with Crippen LogP contribution >= 0.6 is 15.9 Å². The summed E-state index contributed by atoms with van der Waals surface area (Å²) < 4.78 is 24.6. The zero-order chi connectivity index (χ0) is 10.7. The van der Waals surface area contributed by atoms with Crippen LogP contribution in [0.15, 0.2) is 10.5 Å². The Balaban J connectivity index is 3.41. The number of rotatable bonds is 2. The number of carbonyl (C=O) groups is 1. The fourth-order valence-corrected chi connectivity index (χ4v) is 1.23. The lowest BCUT2D eigenvalue weighted by molar-refractivity contribution is 0.111. The molecule has 3 nitrogen and oxygen atoms in total. The smallest absolute Gasteiger partial charge is 0.280 e. The van der Waals surface area contributed by atoms with Gasteiger partial charge in [0.2, 0.25) is 0 Å². The number of carbonyl (C=O) groups excluding carboxylic acids is 1. The normalized spacial score (nSPS) is 9.93. The van der Waals surface area contributed by atoms with Crippen molar-refractivity contribution in [2.75, 3.05) is 0 Å². The van der Waals surface area contributed by atoms with Gasteiger partial charge in [0.15, 0.2) is 6.29 Å². The molecule has 14 heavy (non-hydrogen) atoms. The third kappa shape index (κ3) is 1.93. The number of aldehydes is 1. The van der Waals surface area contributed by atoms with Crippen LogP contribution in [0, 0.1) is 11.3 Å². The van der Waals surface area contributed by atoms with Crippen LogP contribution in [0.25, 0.3) is 0 Å². The number of pyridine rings is 1. The summed E-state index contributed by atoms with van der Waals surface area (Å²) in [7, 11) is 0. The van der Waals surface area contributed by atoms with Crippen molar-refractivity contribution in [2.45, 2.75) is 6.43 Å².